The van der Waals surface area contributed by atoms with Crippen molar-refractivity contribution in [1.29, 1.82) is 0 Å². The summed E-state index contributed by atoms with van der Waals surface area (Å²) in [7, 11) is 3.98. The molecule has 0 spiro atoms. The van der Waals surface area contributed by atoms with Crippen LogP contribution < -0.4 is 0 Å². The molecular formula is C15H22N2O3S. The van der Waals surface area contributed by atoms with Crippen molar-refractivity contribution in [3.05, 3.63) is 28.0 Å². The second kappa shape index (κ2) is 7.17. The van der Waals surface area contributed by atoms with Crippen LogP contribution >= 0.6 is 11.3 Å². The zero-order chi connectivity index (χ0) is 15.4. The van der Waals surface area contributed by atoms with Gasteiger partial charge in [0.2, 0.25) is 5.91 Å². The van der Waals surface area contributed by atoms with Crippen molar-refractivity contribution in [3.8, 4) is 0 Å². The molecule has 0 aromatic carbocycles. The number of aliphatic hydroxyl groups is 2. The fourth-order valence-corrected chi connectivity index (χ4v) is 3.32. The maximum Gasteiger partial charge on any atom is 0.246 e. The summed E-state index contributed by atoms with van der Waals surface area (Å²) in [6, 6.07) is 2.05. The molecule has 1 amide bonds. The number of likely N-dealkylation sites (N-methyl/N-ethyl adjacent to an activating group) is 1. The molecule has 116 valence electrons. The minimum atomic E-state index is -0.106. The quantitative estimate of drug-likeness (QED) is 0.789. The molecule has 0 unspecified atom stereocenters. The standard InChI is InChI=1S/C15H22N2O3S/c1-16(2)12-6-13(9-19)17(7-12)15(20)4-3-14-5-11(8-18)10-21-14/h3-5,10,12-13,18-19H,6-9H2,1-2H3/b4-3+/t12-,13+/m1/s1. The van der Waals surface area contributed by atoms with Crippen LogP contribution in [-0.2, 0) is 11.4 Å². The maximum absolute atomic E-state index is 12.3. The molecule has 1 aliphatic rings. The Morgan fingerprint density at radius 3 is 2.86 bits per heavy atom. The average Bonchev–Trinajstić information content (AvgIpc) is 3.11. The molecule has 1 aliphatic heterocycles. The van der Waals surface area contributed by atoms with Crippen molar-refractivity contribution in [3.63, 3.8) is 0 Å². The summed E-state index contributed by atoms with van der Waals surface area (Å²) in [5.41, 5.74) is 0.856. The number of thiophene rings is 1. The van der Waals surface area contributed by atoms with Gasteiger partial charge in [0.25, 0.3) is 0 Å². The molecule has 1 saturated heterocycles. The van der Waals surface area contributed by atoms with Crippen LogP contribution in [0.4, 0.5) is 0 Å². The Balaban J connectivity index is 2.01. The smallest absolute Gasteiger partial charge is 0.246 e. The summed E-state index contributed by atoms with van der Waals surface area (Å²) in [5, 5.41) is 20.3. The van der Waals surface area contributed by atoms with Crippen molar-refractivity contribution >= 4 is 23.3 Å². The van der Waals surface area contributed by atoms with Gasteiger partial charge < -0.3 is 20.0 Å². The topological polar surface area (TPSA) is 64.0 Å². The molecule has 2 rings (SSSR count). The van der Waals surface area contributed by atoms with Gasteiger partial charge in [0.15, 0.2) is 0 Å². The molecular weight excluding hydrogens is 288 g/mol. The van der Waals surface area contributed by atoms with Gasteiger partial charge in [-0.3, -0.25) is 4.79 Å². The van der Waals surface area contributed by atoms with Gasteiger partial charge in [-0.2, -0.15) is 0 Å². The first-order valence-electron chi connectivity index (χ1n) is 6.99. The van der Waals surface area contributed by atoms with E-state index in [9.17, 15) is 9.90 Å². The average molecular weight is 310 g/mol. The Hall–Kier alpha value is -1.21. The molecule has 0 bridgehead atoms. The van der Waals surface area contributed by atoms with Crippen LogP contribution in [0.25, 0.3) is 6.08 Å². The number of carbonyl (C=O) groups is 1. The summed E-state index contributed by atoms with van der Waals surface area (Å²) in [6.07, 6.45) is 4.12. The monoisotopic (exact) mass is 310 g/mol. The molecule has 1 fully saturated rings. The maximum atomic E-state index is 12.3. The minimum Gasteiger partial charge on any atom is -0.394 e. The Morgan fingerprint density at radius 2 is 2.29 bits per heavy atom. The van der Waals surface area contributed by atoms with Crippen LogP contribution in [0.2, 0.25) is 0 Å². The molecule has 1 aromatic heterocycles. The molecule has 1 aromatic rings. The molecule has 0 aliphatic carbocycles. The van der Waals surface area contributed by atoms with Crippen LogP contribution in [0.3, 0.4) is 0 Å². The van der Waals surface area contributed by atoms with E-state index in [1.54, 1.807) is 17.1 Å². The Morgan fingerprint density at radius 1 is 1.52 bits per heavy atom. The summed E-state index contributed by atoms with van der Waals surface area (Å²) < 4.78 is 0. The van der Waals surface area contributed by atoms with Crippen molar-refractivity contribution in [2.75, 3.05) is 27.2 Å². The number of hydrogen-bond acceptors (Lipinski definition) is 5. The molecule has 5 nitrogen and oxygen atoms in total. The number of carbonyl (C=O) groups excluding carboxylic acids is 1. The Labute approximate surface area is 129 Å². The predicted octanol–water partition coefficient (Wildman–Crippen LogP) is 0.777. The van der Waals surface area contributed by atoms with Crippen molar-refractivity contribution in [2.24, 2.45) is 0 Å². The zero-order valence-electron chi connectivity index (χ0n) is 12.4. The largest absolute Gasteiger partial charge is 0.394 e. The van der Waals surface area contributed by atoms with Gasteiger partial charge in [0.1, 0.15) is 0 Å². The molecule has 2 heterocycles. The van der Waals surface area contributed by atoms with Gasteiger partial charge in [-0.25, -0.2) is 0 Å². The van der Waals surface area contributed by atoms with E-state index in [1.807, 2.05) is 25.5 Å². The number of amides is 1. The normalized spacial score (nSPS) is 22.6. The number of nitrogens with zero attached hydrogens (tertiary/aromatic N) is 2. The predicted molar refractivity (Wildman–Crippen MR) is 84.0 cm³/mol. The molecule has 21 heavy (non-hydrogen) atoms. The lowest BCUT2D eigenvalue weighted by Crippen LogP contribution is -2.37. The van der Waals surface area contributed by atoms with E-state index in [1.165, 1.54) is 11.3 Å². The lowest BCUT2D eigenvalue weighted by atomic mass is 10.1. The first kappa shape index (κ1) is 16.2. The van der Waals surface area contributed by atoms with E-state index < -0.39 is 0 Å². The summed E-state index contributed by atoms with van der Waals surface area (Å²) >= 11 is 1.50. The summed E-state index contributed by atoms with van der Waals surface area (Å²) in [5.74, 6) is -0.0719. The summed E-state index contributed by atoms with van der Waals surface area (Å²) in [6.45, 7) is 0.660. The Bertz CT molecular complexity index is 513. The van der Waals surface area contributed by atoms with Crippen molar-refractivity contribution in [2.45, 2.75) is 25.1 Å². The van der Waals surface area contributed by atoms with E-state index in [0.29, 0.717) is 12.6 Å². The highest BCUT2D eigenvalue weighted by Gasteiger charge is 2.34. The number of hydrogen-bond donors (Lipinski definition) is 2. The third-order valence-electron chi connectivity index (χ3n) is 3.86. The van der Waals surface area contributed by atoms with E-state index in [0.717, 1.165) is 16.9 Å². The third kappa shape index (κ3) is 3.91. The summed E-state index contributed by atoms with van der Waals surface area (Å²) in [4.78, 5) is 17.1. The van der Waals surface area contributed by atoms with Crippen LogP contribution in [-0.4, -0.2) is 65.3 Å². The van der Waals surface area contributed by atoms with Crippen LogP contribution in [0.1, 0.15) is 16.9 Å². The Kier molecular flexibility index (Phi) is 5.52. The fraction of sp³-hybridized carbons (Fsp3) is 0.533. The van der Waals surface area contributed by atoms with Gasteiger partial charge in [-0.1, -0.05) is 0 Å². The van der Waals surface area contributed by atoms with Crippen LogP contribution in [0, 0.1) is 0 Å². The van der Waals surface area contributed by atoms with E-state index in [-0.39, 0.29) is 25.2 Å². The van der Waals surface area contributed by atoms with E-state index in [4.69, 9.17) is 5.11 Å². The first-order chi connectivity index (χ1) is 10.0. The van der Waals surface area contributed by atoms with E-state index in [2.05, 4.69) is 4.90 Å². The van der Waals surface area contributed by atoms with Crippen molar-refractivity contribution in [1.82, 2.24) is 9.80 Å². The highest BCUT2D eigenvalue weighted by Crippen LogP contribution is 2.22. The zero-order valence-corrected chi connectivity index (χ0v) is 13.2. The first-order valence-corrected chi connectivity index (χ1v) is 7.87. The van der Waals surface area contributed by atoms with Crippen LogP contribution in [0.5, 0.6) is 0 Å². The minimum absolute atomic E-state index is 0.00240. The van der Waals surface area contributed by atoms with Gasteiger partial charge in [0.05, 0.1) is 19.3 Å². The van der Waals surface area contributed by atoms with Crippen molar-refractivity contribution < 1.29 is 15.0 Å². The van der Waals surface area contributed by atoms with Crippen LogP contribution in [0.15, 0.2) is 17.5 Å². The molecule has 0 radical (unpaired) electrons. The second-order valence-electron chi connectivity index (χ2n) is 5.53. The number of likely N-dealkylation sites (tertiary alicyclic amines) is 1. The lowest BCUT2D eigenvalue weighted by molar-refractivity contribution is -0.127. The second-order valence-corrected chi connectivity index (χ2v) is 6.47. The van der Waals surface area contributed by atoms with Gasteiger partial charge >= 0.3 is 0 Å². The lowest BCUT2D eigenvalue weighted by Gasteiger charge is -2.21. The molecule has 6 heteroatoms. The van der Waals surface area contributed by atoms with E-state index >= 15 is 0 Å². The molecule has 2 atom stereocenters. The highest BCUT2D eigenvalue weighted by atomic mass is 32.1. The fourth-order valence-electron chi connectivity index (χ4n) is 2.52. The number of rotatable bonds is 5. The van der Waals surface area contributed by atoms with Gasteiger partial charge in [-0.05, 0) is 43.6 Å². The molecule has 2 N–H and O–H groups in total. The third-order valence-corrected chi connectivity index (χ3v) is 4.81. The number of aliphatic hydroxyl groups excluding tert-OH is 2. The highest BCUT2D eigenvalue weighted by molar-refractivity contribution is 7.11. The molecule has 0 saturated carbocycles. The SMILES string of the molecule is CN(C)[C@@H]1C[C@@H](CO)N(C(=O)/C=C/c2cc(CO)cs2)C1. The van der Waals surface area contributed by atoms with Gasteiger partial charge in [0, 0.05) is 23.5 Å². The van der Waals surface area contributed by atoms with Gasteiger partial charge in [-0.15, -0.1) is 11.3 Å².